The number of hydrogen-bond donors (Lipinski definition) is 4. The Morgan fingerprint density at radius 3 is 2.46 bits per heavy atom. The van der Waals surface area contributed by atoms with Crippen LogP contribution >= 0.6 is 11.3 Å². The summed E-state index contributed by atoms with van der Waals surface area (Å²) in [6.45, 7) is 0. The molecule has 1 fully saturated rings. The molecule has 12 heteroatoms. The molecule has 1 heterocycles. The lowest BCUT2D eigenvalue weighted by atomic mass is 9.76. The standard InChI is InChI=1S/C27H28BN3O6S2/c32-27(30-26(28(33)34)15-19-6-7-19)24(14-18-4-2-1-3-5-18)31-39(35,36)22-11-8-20(9-12-22)37-21-10-13-25-23(16-21)29-17-38-25/h1-5,8-13,16-17,19,24,26,31,33-34H,6-7,14-15H2,(H,30,32)/t24-,26-/m0/s1. The predicted octanol–water partition coefficient (Wildman–Crippen LogP) is 3.28. The van der Waals surface area contributed by atoms with Gasteiger partial charge in [0.15, 0.2) is 0 Å². The molecule has 4 aromatic rings. The van der Waals surface area contributed by atoms with E-state index in [0.29, 0.717) is 23.8 Å². The van der Waals surface area contributed by atoms with Crippen molar-refractivity contribution in [2.75, 3.05) is 0 Å². The van der Waals surface area contributed by atoms with E-state index >= 15 is 0 Å². The van der Waals surface area contributed by atoms with E-state index in [1.165, 1.54) is 23.5 Å². The monoisotopic (exact) mass is 565 g/mol. The fourth-order valence-corrected chi connectivity index (χ4v) is 6.12. The Labute approximate surface area is 231 Å². The summed E-state index contributed by atoms with van der Waals surface area (Å²) in [5.74, 6) is -0.160. The molecule has 0 aliphatic heterocycles. The summed E-state index contributed by atoms with van der Waals surface area (Å²) < 4.78 is 36.0. The normalized spacial score (nSPS) is 15.0. The van der Waals surface area contributed by atoms with Crippen LogP contribution in [0.25, 0.3) is 10.2 Å². The van der Waals surface area contributed by atoms with Gasteiger partial charge in [-0.15, -0.1) is 11.3 Å². The Morgan fingerprint density at radius 1 is 1.05 bits per heavy atom. The van der Waals surface area contributed by atoms with Gasteiger partial charge in [0.1, 0.15) is 17.5 Å². The number of amides is 1. The second-order valence-electron chi connectivity index (χ2n) is 9.63. The van der Waals surface area contributed by atoms with E-state index in [2.05, 4.69) is 15.0 Å². The number of ether oxygens (including phenoxy) is 1. The van der Waals surface area contributed by atoms with Gasteiger partial charge in [0, 0.05) is 6.07 Å². The average Bonchev–Trinajstić information content (AvgIpc) is 3.62. The lowest BCUT2D eigenvalue weighted by Gasteiger charge is -2.23. The highest BCUT2D eigenvalue weighted by Crippen LogP contribution is 2.33. The van der Waals surface area contributed by atoms with Crippen molar-refractivity contribution in [2.45, 2.75) is 42.6 Å². The predicted molar refractivity (Wildman–Crippen MR) is 150 cm³/mol. The third-order valence-corrected chi connectivity index (χ3v) is 8.84. The zero-order chi connectivity index (χ0) is 27.4. The van der Waals surface area contributed by atoms with E-state index in [4.69, 9.17) is 4.74 Å². The summed E-state index contributed by atoms with van der Waals surface area (Å²) in [6, 6.07) is 19.3. The van der Waals surface area contributed by atoms with E-state index in [1.54, 1.807) is 41.9 Å². The van der Waals surface area contributed by atoms with Crippen molar-refractivity contribution in [1.82, 2.24) is 15.0 Å². The van der Waals surface area contributed by atoms with Gasteiger partial charge in [0.2, 0.25) is 15.9 Å². The number of rotatable bonds is 12. The SMILES string of the molecule is O=C(N[C@@H](CC1CC1)B(O)O)[C@H](Cc1ccccc1)NS(=O)(=O)c1ccc(Oc2ccc3scnc3c2)cc1. The third-order valence-electron chi connectivity index (χ3n) is 6.54. The van der Waals surface area contributed by atoms with Gasteiger partial charge in [-0.05, 0) is 60.7 Å². The molecular weight excluding hydrogens is 537 g/mol. The molecule has 1 saturated carbocycles. The Hall–Kier alpha value is -3.29. The van der Waals surface area contributed by atoms with E-state index < -0.39 is 35.0 Å². The zero-order valence-electron chi connectivity index (χ0n) is 20.9. The van der Waals surface area contributed by atoms with Crippen molar-refractivity contribution < 1.29 is 28.0 Å². The summed E-state index contributed by atoms with van der Waals surface area (Å²) in [5.41, 5.74) is 3.33. The lowest BCUT2D eigenvalue weighted by Crippen LogP contribution is -2.54. The van der Waals surface area contributed by atoms with Crippen LogP contribution in [0.3, 0.4) is 0 Å². The van der Waals surface area contributed by atoms with Crippen molar-refractivity contribution in [1.29, 1.82) is 0 Å². The van der Waals surface area contributed by atoms with E-state index in [1.807, 2.05) is 24.3 Å². The maximum absolute atomic E-state index is 13.3. The van der Waals surface area contributed by atoms with Gasteiger partial charge in [-0.3, -0.25) is 4.79 Å². The van der Waals surface area contributed by atoms with Gasteiger partial charge in [0.25, 0.3) is 0 Å². The first kappa shape index (κ1) is 27.3. The zero-order valence-corrected chi connectivity index (χ0v) is 22.6. The van der Waals surface area contributed by atoms with Crippen molar-refractivity contribution in [3.8, 4) is 11.5 Å². The van der Waals surface area contributed by atoms with E-state index in [9.17, 15) is 23.3 Å². The summed E-state index contributed by atoms with van der Waals surface area (Å²) in [6.07, 6.45) is 2.45. The molecule has 0 bridgehead atoms. The minimum absolute atomic E-state index is 0.0348. The molecule has 0 spiro atoms. The summed E-state index contributed by atoms with van der Waals surface area (Å²) >= 11 is 1.53. The van der Waals surface area contributed by atoms with Crippen LogP contribution in [0.5, 0.6) is 11.5 Å². The number of carbonyl (C=O) groups excluding carboxylic acids is 1. The maximum atomic E-state index is 13.3. The fourth-order valence-electron chi connectivity index (χ4n) is 4.27. The smallest absolute Gasteiger partial charge is 0.457 e. The molecule has 1 aliphatic rings. The van der Waals surface area contributed by atoms with Crippen LogP contribution in [0.15, 0.2) is 83.2 Å². The molecule has 0 radical (unpaired) electrons. The lowest BCUT2D eigenvalue weighted by molar-refractivity contribution is -0.123. The van der Waals surface area contributed by atoms with E-state index in [0.717, 1.165) is 28.6 Å². The van der Waals surface area contributed by atoms with Crippen LogP contribution in [0.2, 0.25) is 0 Å². The molecule has 4 N–H and O–H groups in total. The van der Waals surface area contributed by atoms with Gasteiger partial charge in [-0.1, -0.05) is 43.2 Å². The molecule has 1 amide bonds. The van der Waals surface area contributed by atoms with Gasteiger partial charge in [-0.2, -0.15) is 4.72 Å². The number of thiazole rings is 1. The molecule has 1 aromatic heterocycles. The Morgan fingerprint density at radius 2 is 1.77 bits per heavy atom. The number of sulfonamides is 1. The molecule has 39 heavy (non-hydrogen) atoms. The number of aromatic nitrogens is 1. The highest BCUT2D eigenvalue weighted by molar-refractivity contribution is 7.89. The average molecular weight is 565 g/mol. The second kappa shape index (κ2) is 11.8. The number of nitrogens with zero attached hydrogens (tertiary/aromatic N) is 1. The van der Waals surface area contributed by atoms with Crippen molar-refractivity contribution in [2.24, 2.45) is 5.92 Å². The van der Waals surface area contributed by atoms with Crippen LogP contribution < -0.4 is 14.8 Å². The topological polar surface area (TPSA) is 138 Å². The molecule has 5 rings (SSSR count). The first-order valence-corrected chi connectivity index (χ1v) is 15.0. The Bertz CT molecular complexity index is 1530. The molecule has 3 aromatic carbocycles. The Kier molecular flexibility index (Phi) is 8.29. The van der Waals surface area contributed by atoms with Gasteiger partial charge >= 0.3 is 7.12 Å². The van der Waals surface area contributed by atoms with Gasteiger partial charge in [0.05, 0.1) is 26.6 Å². The van der Waals surface area contributed by atoms with Gasteiger partial charge < -0.3 is 20.1 Å². The summed E-state index contributed by atoms with van der Waals surface area (Å²) in [7, 11) is -5.85. The van der Waals surface area contributed by atoms with E-state index in [-0.39, 0.29) is 11.3 Å². The first-order valence-electron chi connectivity index (χ1n) is 12.6. The number of nitrogens with one attached hydrogen (secondary N) is 2. The van der Waals surface area contributed by atoms with Gasteiger partial charge in [-0.25, -0.2) is 13.4 Å². The van der Waals surface area contributed by atoms with Crippen molar-refractivity contribution in [3.63, 3.8) is 0 Å². The maximum Gasteiger partial charge on any atom is 0.475 e. The number of benzene rings is 3. The quantitative estimate of drug-likeness (QED) is 0.194. The number of carbonyl (C=O) groups is 1. The molecule has 2 atom stereocenters. The molecule has 1 aliphatic carbocycles. The van der Waals surface area contributed by atoms with Crippen molar-refractivity contribution in [3.05, 3.63) is 83.9 Å². The summed E-state index contributed by atoms with van der Waals surface area (Å²) in [4.78, 5) is 17.5. The molecule has 0 saturated heterocycles. The number of hydrogen-bond acceptors (Lipinski definition) is 8. The molecule has 9 nitrogen and oxygen atoms in total. The molecular formula is C27H28BN3O6S2. The van der Waals surface area contributed by atoms with Crippen LogP contribution in [-0.4, -0.2) is 48.5 Å². The van der Waals surface area contributed by atoms with Crippen LogP contribution in [-0.2, 0) is 21.2 Å². The van der Waals surface area contributed by atoms with Crippen LogP contribution in [0, 0.1) is 5.92 Å². The minimum atomic E-state index is -4.10. The highest BCUT2D eigenvalue weighted by Gasteiger charge is 2.35. The third kappa shape index (κ3) is 7.22. The fraction of sp³-hybridized carbons (Fsp3) is 0.259. The van der Waals surface area contributed by atoms with Crippen LogP contribution in [0.4, 0.5) is 0 Å². The molecule has 202 valence electrons. The summed E-state index contributed by atoms with van der Waals surface area (Å²) in [5, 5.41) is 22.2. The Balaban J connectivity index is 1.31. The first-order chi connectivity index (χ1) is 18.8. The van der Waals surface area contributed by atoms with Crippen molar-refractivity contribution >= 4 is 44.6 Å². The largest absolute Gasteiger partial charge is 0.475 e. The second-order valence-corrected chi connectivity index (χ2v) is 12.2. The highest BCUT2D eigenvalue weighted by atomic mass is 32.2. The number of fused-ring (bicyclic) bond motifs is 1. The molecule has 0 unspecified atom stereocenters. The minimum Gasteiger partial charge on any atom is -0.457 e. The van der Waals surface area contributed by atoms with Crippen LogP contribution in [0.1, 0.15) is 24.8 Å².